The van der Waals surface area contributed by atoms with Crippen LogP contribution >= 0.6 is 23.4 Å². The summed E-state index contributed by atoms with van der Waals surface area (Å²) in [4.78, 5) is 12.5. The van der Waals surface area contributed by atoms with Gasteiger partial charge in [0.05, 0.1) is 10.6 Å². The number of amides is 1. The molecule has 0 saturated carbocycles. The number of sulfonamides is 1. The Bertz CT molecular complexity index is 944. The summed E-state index contributed by atoms with van der Waals surface area (Å²) in [6.07, 6.45) is 0. The van der Waals surface area contributed by atoms with E-state index in [1.165, 1.54) is 48.5 Å². The van der Waals surface area contributed by atoms with Gasteiger partial charge in [-0.15, -0.1) is 0 Å². The van der Waals surface area contributed by atoms with Crippen molar-refractivity contribution in [3.05, 3.63) is 70.6 Å². The van der Waals surface area contributed by atoms with Crippen LogP contribution < -0.4 is 4.31 Å². The number of rotatable bonds is 5. The first-order valence-corrected chi connectivity index (χ1v) is 10.0. The topological polar surface area (TPSA) is 54.5 Å². The number of carbonyl (C=O) groups is 1. The molecule has 0 saturated heterocycles. The largest absolute Gasteiger partial charge is 0.445 e. The fraction of sp³-hybridized carbons (Fsp3) is 0.118. The summed E-state index contributed by atoms with van der Waals surface area (Å²) >= 11 is 5.23. The molecule has 2 aromatic carbocycles. The van der Waals surface area contributed by atoms with E-state index in [0.29, 0.717) is 14.7 Å². The van der Waals surface area contributed by atoms with Gasteiger partial charge in [0.1, 0.15) is 0 Å². The fourth-order valence-electron chi connectivity index (χ4n) is 2.01. The van der Waals surface area contributed by atoms with Gasteiger partial charge in [-0.1, -0.05) is 29.8 Å². The van der Waals surface area contributed by atoms with Crippen molar-refractivity contribution in [3.63, 3.8) is 0 Å². The lowest BCUT2D eigenvalue weighted by atomic mass is 10.3. The number of hydrogen-bond donors (Lipinski definition) is 0. The maximum atomic E-state index is 13.0. The van der Waals surface area contributed by atoms with Gasteiger partial charge in [0.15, 0.2) is 0 Å². The van der Waals surface area contributed by atoms with Crippen LogP contribution in [0.5, 0.6) is 0 Å². The second kappa shape index (κ2) is 8.37. The highest BCUT2D eigenvalue weighted by Crippen LogP contribution is 2.33. The van der Waals surface area contributed by atoms with Crippen molar-refractivity contribution in [2.75, 3.05) is 4.31 Å². The van der Waals surface area contributed by atoms with Crippen molar-refractivity contribution in [1.82, 2.24) is 0 Å². The van der Waals surface area contributed by atoms with Crippen LogP contribution in [0.25, 0.3) is 0 Å². The molecule has 0 unspecified atom stereocenters. The molecule has 0 atom stereocenters. The minimum atomic E-state index is -4.59. The lowest BCUT2D eigenvalue weighted by Gasteiger charge is -2.23. The van der Waals surface area contributed by atoms with Crippen molar-refractivity contribution in [2.45, 2.75) is 17.3 Å². The summed E-state index contributed by atoms with van der Waals surface area (Å²) in [6, 6.07) is 12.5. The van der Waals surface area contributed by atoms with Gasteiger partial charge in [-0.05, 0) is 60.5 Å². The molecule has 0 aliphatic rings. The van der Waals surface area contributed by atoms with Crippen LogP contribution in [0.1, 0.15) is 6.92 Å². The molecule has 0 aliphatic carbocycles. The van der Waals surface area contributed by atoms with E-state index in [1.54, 1.807) is 6.07 Å². The van der Waals surface area contributed by atoms with Gasteiger partial charge in [0, 0.05) is 10.6 Å². The Morgan fingerprint density at radius 3 is 2.15 bits per heavy atom. The number of para-hydroxylation sites is 1. The zero-order chi connectivity index (χ0) is 20.2. The highest BCUT2D eigenvalue weighted by molar-refractivity contribution is 8.03. The third kappa shape index (κ3) is 5.50. The summed E-state index contributed by atoms with van der Waals surface area (Å²) in [6.45, 7) is 1.12. The van der Waals surface area contributed by atoms with Gasteiger partial charge in [0.25, 0.3) is 15.9 Å². The molecule has 144 valence electrons. The number of halogens is 4. The molecule has 0 fully saturated rings. The predicted octanol–water partition coefficient (Wildman–Crippen LogP) is 5.22. The number of nitrogens with zero attached hydrogens (tertiary/aromatic N) is 1. The number of benzene rings is 2. The third-order valence-electron chi connectivity index (χ3n) is 3.23. The first-order valence-electron chi connectivity index (χ1n) is 7.34. The molecular formula is C17H13ClF3NO3S2. The normalized spacial score (nSPS) is 12.7. The predicted molar refractivity (Wildman–Crippen MR) is 100.0 cm³/mol. The average molecular weight is 436 g/mol. The Hall–Kier alpha value is -1.97. The van der Waals surface area contributed by atoms with E-state index in [0.717, 1.165) is 6.92 Å². The number of alkyl halides is 3. The van der Waals surface area contributed by atoms with Crippen LogP contribution in [-0.2, 0) is 14.8 Å². The Morgan fingerprint density at radius 1 is 1.07 bits per heavy atom. The number of anilines is 1. The molecule has 0 heterocycles. The minimum absolute atomic E-state index is 0.00205. The third-order valence-corrected chi connectivity index (χ3v) is 5.95. The lowest BCUT2D eigenvalue weighted by Crippen LogP contribution is -2.37. The van der Waals surface area contributed by atoms with Crippen molar-refractivity contribution in [1.29, 1.82) is 0 Å². The van der Waals surface area contributed by atoms with E-state index >= 15 is 0 Å². The Labute approximate surface area is 163 Å². The van der Waals surface area contributed by atoms with E-state index < -0.39 is 33.2 Å². The molecule has 4 nitrogen and oxygen atoms in total. The van der Waals surface area contributed by atoms with Crippen LogP contribution in [0.3, 0.4) is 0 Å². The van der Waals surface area contributed by atoms with Crippen molar-refractivity contribution in [3.8, 4) is 0 Å². The number of thioether (sulfide) groups is 1. The quantitative estimate of drug-likeness (QED) is 0.604. The van der Waals surface area contributed by atoms with Gasteiger partial charge in [-0.25, -0.2) is 8.42 Å². The Morgan fingerprint density at radius 2 is 1.63 bits per heavy atom. The van der Waals surface area contributed by atoms with Crippen molar-refractivity contribution >= 4 is 45.0 Å². The minimum Gasteiger partial charge on any atom is -0.268 e. The summed E-state index contributed by atoms with van der Waals surface area (Å²) in [5, 5.41) is 0.875. The van der Waals surface area contributed by atoms with Crippen LogP contribution in [0.4, 0.5) is 18.9 Å². The smallest absolute Gasteiger partial charge is 0.268 e. The summed E-state index contributed by atoms with van der Waals surface area (Å²) in [7, 11) is -4.38. The molecule has 0 N–H and O–H groups in total. The Balaban J connectivity index is 2.53. The van der Waals surface area contributed by atoms with E-state index in [2.05, 4.69) is 0 Å². The molecule has 27 heavy (non-hydrogen) atoms. The standard InChI is InChI=1S/C17H13ClF3NO3S2/c1-12(11-26-17(19,20)21)16(23)22(14-5-3-2-4-6-14)27(24,25)15-9-7-13(18)8-10-15/h2-11H,1H3. The molecule has 0 radical (unpaired) electrons. The second-order valence-corrected chi connectivity index (χ2v) is 8.39. The molecule has 0 spiro atoms. The van der Waals surface area contributed by atoms with Gasteiger partial charge in [0.2, 0.25) is 0 Å². The number of hydrogen-bond acceptors (Lipinski definition) is 4. The average Bonchev–Trinajstić information content (AvgIpc) is 2.60. The zero-order valence-electron chi connectivity index (χ0n) is 13.8. The summed E-state index contributed by atoms with van der Waals surface area (Å²) in [5.41, 5.74) is -4.96. The first-order chi connectivity index (χ1) is 12.5. The fourth-order valence-corrected chi connectivity index (χ4v) is 4.00. The molecule has 1 amide bonds. The zero-order valence-corrected chi connectivity index (χ0v) is 16.2. The van der Waals surface area contributed by atoms with Gasteiger partial charge >= 0.3 is 5.51 Å². The van der Waals surface area contributed by atoms with E-state index in [1.807, 2.05) is 0 Å². The van der Waals surface area contributed by atoms with Gasteiger partial charge < -0.3 is 0 Å². The molecule has 0 aliphatic heterocycles. The van der Waals surface area contributed by atoms with Crippen LogP contribution in [-0.4, -0.2) is 19.8 Å². The van der Waals surface area contributed by atoms with Gasteiger partial charge in [-0.2, -0.15) is 17.5 Å². The van der Waals surface area contributed by atoms with E-state index in [9.17, 15) is 26.4 Å². The van der Waals surface area contributed by atoms with Crippen LogP contribution in [0, 0.1) is 0 Å². The van der Waals surface area contributed by atoms with Crippen LogP contribution in [0.15, 0.2) is 70.5 Å². The van der Waals surface area contributed by atoms with Crippen molar-refractivity contribution in [2.24, 2.45) is 0 Å². The van der Waals surface area contributed by atoms with E-state index in [-0.39, 0.29) is 16.2 Å². The Kier molecular flexibility index (Phi) is 6.61. The molecule has 2 aromatic rings. The molecular weight excluding hydrogens is 423 g/mol. The van der Waals surface area contributed by atoms with Gasteiger partial charge in [-0.3, -0.25) is 4.79 Å². The maximum Gasteiger partial charge on any atom is 0.445 e. The molecule has 10 heteroatoms. The summed E-state index contributed by atoms with van der Waals surface area (Å²) in [5.74, 6) is -1.09. The number of carbonyl (C=O) groups excluding carboxylic acids is 1. The lowest BCUT2D eigenvalue weighted by molar-refractivity contribution is -0.114. The van der Waals surface area contributed by atoms with Crippen LogP contribution in [0.2, 0.25) is 5.02 Å². The molecule has 0 aromatic heterocycles. The molecule has 2 rings (SSSR count). The SMILES string of the molecule is CC(=CSC(F)(F)F)C(=O)N(c1ccccc1)S(=O)(=O)c1ccc(Cl)cc1. The highest BCUT2D eigenvalue weighted by Gasteiger charge is 2.33. The summed E-state index contributed by atoms with van der Waals surface area (Å²) < 4.78 is 63.7. The first kappa shape index (κ1) is 21.3. The van der Waals surface area contributed by atoms with Crippen molar-refractivity contribution < 1.29 is 26.4 Å². The monoisotopic (exact) mass is 435 g/mol. The maximum absolute atomic E-state index is 13.0. The second-order valence-electron chi connectivity index (χ2n) is 5.23. The van der Waals surface area contributed by atoms with E-state index in [4.69, 9.17) is 11.6 Å². The molecule has 0 bridgehead atoms. The highest BCUT2D eigenvalue weighted by atomic mass is 35.5.